The largest absolute Gasteiger partial charge is 0.321 e. The van der Waals surface area contributed by atoms with E-state index < -0.39 is 0 Å². The number of hydrogen-bond acceptors (Lipinski definition) is 5. The van der Waals surface area contributed by atoms with Gasteiger partial charge in [-0.2, -0.15) is 0 Å². The molecule has 1 saturated carbocycles. The van der Waals surface area contributed by atoms with Crippen LogP contribution in [0.15, 0.2) is 87.9 Å². The van der Waals surface area contributed by atoms with E-state index in [1.54, 1.807) is 18.5 Å². The van der Waals surface area contributed by atoms with E-state index >= 15 is 0 Å². The van der Waals surface area contributed by atoms with E-state index in [4.69, 9.17) is 11.6 Å². The Labute approximate surface area is 198 Å². The predicted molar refractivity (Wildman–Crippen MR) is 131 cm³/mol. The van der Waals surface area contributed by atoms with Gasteiger partial charge in [0.2, 0.25) is 0 Å². The SMILES string of the molecule is O=c1[nH]c2ccc(Cl)cc2c(-c2ccccc2)c1Sc1nnc(-c2ccncc2)n1C1CC1. The van der Waals surface area contributed by atoms with Crippen molar-refractivity contribution in [1.82, 2.24) is 24.7 Å². The van der Waals surface area contributed by atoms with Gasteiger partial charge in [-0.25, -0.2) is 0 Å². The molecule has 0 bridgehead atoms. The Bertz CT molecular complexity index is 1530. The highest BCUT2D eigenvalue weighted by molar-refractivity contribution is 7.99. The number of rotatable bonds is 5. The fraction of sp³-hybridized carbons (Fsp3) is 0.120. The fourth-order valence-electron chi connectivity index (χ4n) is 4.03. The minimum Gasteiger partial charge on any atom is -0.321 e. The number of nitrogens with one attached hydrogen (secondary N) is 1. The summed E-state index contributed by atoms with van der Waals surface area (Å²) >= 11 is 7.70. The first-order chi connectivity index (χ1) is 16.2. The van der Waals surface area contributed by atoms with Gasteiger partial charge in [0.25, 0.3) is 5.56 Å². The molecule has 3 heterocycles. The maximum Gasteiger partial charge on any atom is 0.263 e. The summed E-state index contributed by atoms with van der Waals surface area (Å²) in [6.07, 6.45) is 5.64. The summed E-state index contributed by atoms with van der Waals surface area (Å²) in [5.41, 5.74) is 3.33. The van der Waals surface area contributed by atoms with Gasteiger partial charge in [-0.05, 0) is 60.5 Å². The molecule has 33 heavy (non-hydrogen) atoms. The standard InChI is InChI=1S/C25H18ClN5OS/c26-17-6-9-20-19(14-17)21(15-4-2-1-3-5-15)22(24(32)28-20)33-25-30-29-23(31(25)18-7-8-18)16-10-12-27-13-11-16/h1-6,9-14,18H,7-8H2,(H,28,32). The molecule has 0 atom stereocenters. The van der Waals surface area contributed by atoms with Crippen LogP contribution in [0.1, 0.15) is 18.9 Å². The third-order valence-electron chi connectivity index (χ3n) is 5.70. The maximum atomic E-state index is 13.3. The summed E-state index contributed by atoms with van der Waals surface area (Å²) in [4.78, 5) is 21.0. The van der Waals surface area contributed by atoms with E-state index in [1.165, 1.54) is 11.8 Å². The molecular formula is C25H18ClN5OS. The van der Waals surface area contributed by atoms with Gasteiger partial charge < -0.3 is 4.98 Å². The summed E-state index contributed by atoms with van der Waals surface area (Å²) < 4.78 is 2.15. The summed E-state index contributed by atoms with van der Waals surface area (Å²) in [6, 6.07) is 19.6. The Hall–Kier alpha value is -3.42. The topological polar surface area (TPSA) is 76.5 Å². The predicted octanol–water partition coefficient (Wildman–Crippen LogP) is 5.99. The van der Waals surface area contributed by atoms with E-state index in [-0.39, 0.29) is 5.56 Å². The van der Waals surface area contributed by atoms with Crippen molar-refractivity contribution in [3.8, 4) is 22.5 Å². The lowest BCUT2D eigenvalue weighted by atomic mass is 10.0. The average molecular weight is 472 g/mol. The van der Waals surface area contributed by atoms with Crippen LogP contribution >= 0.6 is 23.4 Å². The van der Waals surface area contributed by atoms with Crippen LogP contribution in [0, 0.1) is 0 Å². The summed E-state index contributed by atoms with van der Waals surface area (Å²) in [7, 11) is 0. The molecule has 2 aromatic carbocycles. The molecule has 1 aliphatic carbocycles. The Balaban J connectivity index is 1.56. The Morgan fingerprint density at radius 2 is 1.76 bits per heavy atom. The van der Waals surface area contributed by atoms with Gasteiger partial charge in [-0.1, -0.05) is 41.9 Å². The molecule has 8 heteroatoms. The number of pyridine rings is 2. The number of aromatic amines is 1. The number of nitrogens with zero attached hydrogens (tertiary/aromatic N) is 4. The van der Waals surface area contributed by atoms with Crippen molar-refractivity contribution in [3.63, 3.8) is 0 Å². The normalized spacial score (nSPS) is 13.5. The van der Waals surface area contributed by atoms with Crippen LogP contribution < -0.4 is 5.56 Å². The molecule has 1 aliphatic rings. The maximum absolute atomic E-state index is 13.3. The molecule has 0 unspecified atom stereocenters. The minimum absolute atomic E-state index is 0.163. The molecule has 0 aliphatic heterocycles. The van der Waals surface area contributed by atoms with Crippen molar-refractivity contribution in [2.45, 2.75) is 28.9 Å². The van der Waals surface area contributed by atoms with E-state index in [0.29, 0.717) is 21.1 Å². The lowest BCUT2D eigenvalue weighted by Crippen LogP contribution is -2.11. The Morgan fingerprint density at radius 3 is 2.52 bits per heavy atom. The molecule has 6 nitrogen and oxygen atoms in total. The van der Waals surface area contributed by atoms with Crippen LogP contribution in [-0.2, 0) is 0 Å². The van der Waals surface area contributed by atoms with Gasteiger partial charge in [0.1, 0.15) is 0 Å². The highest BCUT2D eigenvalue weighted by Gasteiger charge is 2.31. The lowest BCUT2D eigenvalue weighted by Gasteiger charge is -2.14. The number of aromatic nitrogens is 5. The van der Waals surface area contributed by atoms with Gasteiger partial charge in [0.05, 0.1) is 4.90 Å². The molecule has 1 fully saturated rings. The molecule has 162 valence electrons. The van der Waals surface area contributed by atoms with Crippen LogP contribution in [0.3, 0.4) is 0 Å². The Kier molecular flexibility index (Phi) is 5.00. The monoisotopic (exact) mass is 471 g/mol. The van der Waals surface area contributed by atoms with Gasteiger partial charge in [-0.15, -0.1) is 10.2 Å². The average Bonchev–Trinajstić information content (AvgIpc) is 3.60. The van der Waals surface area contributed by atoms with Crippen molar-refractivity contribution in [2.24, 2.45) is 0 Å². The quantitative estimate of drug-likeness (QED) is 0.341. The number of fused-ring (bicyclic) bond motifs is 1. The van der Waals surface area contributed by atoms with E-state index in [2.05, 4.69) is 24.7 Å². The molecule has 0 spiro atoms. The van der Waals surface area contributed by atoms with E-state index in [1.807, 2.05) is 54.6 Å². The first-order valence-corrected chi connectivity index (χ1v) is 11.8. The molecule has 6 rings (SSSR count). The van der Waals surface area contributed by atoms with Crippen molar-refractivity contribution in [3.05, 3.63) is 88.4 Å². The molecular weight excluding hydrogens is 454 g/mol. The number of halogens is 1. The first kappa shape index (κ1) is 20.2. The third kappa shape index (κ3) is 3.73. The number of hydrogen-bond donors (Lipinski definition) is 1. The minimum atomic E-state index is -0.163. The summed E-state index contributed by atoms with van der Waals surface area (Å²) in [5.74, 6) is 0.795. The van der Waals surface area contributed by atoms with Crippen molar-refractivity contribution in [1.29, 1.82) is 0 Å². The second kappa shape index (κ2) is 8.17. The third-order valence-corrected chi connectivity index (χ3v) is 6.99. The van der Waals surface area contributed by atoms with Crippen LogP contribution in [0.5, 0.6) is 0 Å². The second-order valence-corrected chi connectivity index (χ2v) is 9.37. The smallest absolute Gasteiger partial charge is 0.263 e. The number of benzene rings is 2. The number of H-pyrrole nitrogens is 1. The molecule has 1 N–H and O–H groups in total. The van der Waals surface area contributed by atoms with Gasteiger partial charge >= 0.3 is 0 Å². The van der Waals surface area contributed by atoms with Crippen molar-refractivity contribution >= 4 is 34.3 Å². The van der Waals surface area contributed by atoms with Crippen LogP contribution in [0.2, 0.25) is 5.02 Å². The van der Waals surface area contributed by atoms with Crippen LogP contribution in [-0.4, -0.2) is 24.7 Å². The molecule has 0 saturated heterocycles. The lowest BCUT2D eigenvalue weighted by molar-refractivity contribution is 0.669. The van der Waals surface area contributed by atoms with Crippen molar-refractivity contribution < 1.29 is 0 Å². The van der Waals surface area contributed by atoms with Gasteiger partial charge in [-0.3, -0.25) is 14.3 Å². The van der Waals surface area contributed by atoms with E-state index in [0.717, 1.165) is 46.3 Å². The van der Waals surface area contributed by atoms with Crippen LogP contribution in [0.25, 0.3) is 33.4 Å². The highest BCUT2D eigenvalue weighted by atomic mass is 35.5. The molecule has 5 aromatic rings. The fourth-order valence-corrected chi connectivity index (χ4v) is 5.28. The zero-order valence-corrected chi connectivity index (χ0v) is 19.0. The summed E-state index contributed by atoms with van der Waals surface area (Å²) in [6.45, 7) is 0. The molecule has 3 aromatic heterocycles. The summed E-state index contributed by atoms with van der Waals surface area (Å²) in [5, 5.41) is 11.2. The zero-order chi connectivity index (χ0) is 22.4. The second-order valence-electron chi connectivity index (χ2n) is 7.96. The van der Waals surface area contributed by atoms with Crippen LogP contribution in [0.4, 0.5) is 0 Å². The van der Waals surface area contributed by atoms with Gasteiger partial charge in [0.15, 0.2) is 11.0 Å². The first-order valence-electron chi connectivity index (χ1n) is 10.6. The zero-order valence-electron chi connectivity index (χ0n) is 17.4. The Morgan fingerprint density at radius 1 is 0.970 bits per heavy atom. The van der Waals surface area contributed by atoms with Crippen molar-refractivity contribution in [2.75, 3.05) is 0 Å². The van der Waals surface area contributed by atoms with E-state index in [9.17, 15) is 4.79 Å². The highest BCUT2D eigenvalue weighted by Crippen LogP contribution is 2.44. The molecule has 0 amide bonds. The van der Waals surface area contributed by atoms with Gasteiger partial charge in [0, 0.05) is 45.5 Å². The molecule has 0 radical (unpaired) electrons.